The predicted molar refractivity (Wildman–Crippen MR) is 102 cm³/mol. The summed E-state index contributed by atoms with van der Waals surface area (Å²) in [4.78, 5) is 11.9. The van der Waals surface area contributed by atoms with Gasteiger partial charge in [-0.3, -0.25) is 4.79 Å². The van der Waals surface area contributed by atoms with Crippen LogP contribution in [0.4, 0.5) is 17.3 Å². The Kier molecular flexibility index (Phi) is 5.66. The van der Waals surface area contributed by atoms with E-state index in [4.69, 9.17) is 16.3 Å². The first-order valence-electron chi connectivity index (χ1n) is 7.94. The molecule has 1 amide bonds. The topological polar surface area (TPSA) is 76.1 Å². The number of hydrogen-bond acceptors (Lipinski definition) is 5. The van der Waals surface area contributed by atoms with Crippen molar-refractivity contribution < 1.29 is 9.53 Å². The number of nitrogens with one attached hydrogen (secondary N) is 2. The van der Waals surface area contributed by atoms with Gasteiger partial charge in [-0.15, -0.1) is 10.2 Å². The molecule has 26 heavy (non-hydrogen) atoms. The third-order valence-corrected chi connectivity index (χ3v) is 3.66. The Hall–Kier alpha value is -3.12. The smallest absolute Gasteiger partial charge is 0.263 e. The molecule has 0 unspecified atom stereocenters. The molecule has 0 radical (unpaired) electrons. The Morgan fingerprint density at radius 1 is 1.04 bits per heavy atom. The minimum atomic E-state index is -0.310. The lowest BCUT2D eigenvalue weighted by atomic mass is 10.2. The zero-order valence-corrected chi connectivity index (χ0v) is 14.8. The largest absolute Gasteiger partial charge is 0.484 e. The summed E-state index contributed by atoms with van der Waals surface area (Å²) in [6.45, 7) is 1.88. The van der Waals surface area contributed by atoms with Crippen LogP contribution in [0.15, 0.2) is 60.7 Å². The van der Waals surface area contributed by atoms with E-state index in [2.05, 4.69) is 20.8 Å². The minimum Gasteiger partial charge on any atom is -0.484 e. The van der Waals surface area contributed by atoms with Gasteiger partial charge in [0.1, 0.15) is 5.75 Å². The van der Waals surface area contributed by atoms with Crippen LogP contribution in [0.1, 0.15) is 5.56 Å². The van der Waals surface area contributed by atoms with Crippen LogP contribution in [0.3, 0.4) is 0 Å². The number of carbonyl (C=O) groups is 1. The molecule has 2 N–H and O–H groups in total. The van der Waals surface area contributed by atoms with Crippen LogP contribution in [0.2, 0.25) is 5.02 Å². The Morgan fingerprint density at radius 2 is 1.77 bits per heavy atom. The first kappa shape index (κ1) is 17.7. The van der Waals surface area contributed by atoms with Crippen LogP contribution in [-0.4, -0.2) is 22.7 Å². The highest BCUT2D eigenvalue weighted by Gasteiger charge is 2.06. The average Bonchev–Trinajstić information content (AvgIpc) is 2.63. The molecule has 0 fully saturated rings. The van der Waals surface area contributed by atoms with Crippen LogP contribution >= 0.6 is 11.6 Å². The van der Waals surface area contributed by atoms with Crippen molar-refractivity contribution in [1.82, 2.24) is 10.2 Å². The van der Waals surface area contributed by atoms with E-state index in [0.29, 0.717) is 22.4 Å². The van der Waals surface area contributed by atoms with Gasteiger partial charge in [0.05, 0.1) is 0 Å². The van der Waals surface area contributed by atoms with Gasteiger partial charge in [-0.05, 0) is 49.4 Å². The van der Waals surface area contributed by atoms with Crippen molar-refractivity contribution >= 4 is 34.8 Å². The third kappa shape index (κ3) is 5.19. The molecule has 132 valence electrons. The first-order valence-corrected chi connectivity index (χ1v) is 8.32. The summed E-state index contributed by atoms with van der Waals surface area (Å²) < 4.78 is 5.42. The summed E-state index contributed by atoms with van der Waals surface area (Å²) in [5.74, 6) is 1.22. The average molecular weight is 369 g/mol. The molecule has 1 heterocycles. The second-order valence-electron chi connectivity index (χ2n) is 5.59. The Labute approximate surface area is 156 Å². The highest BCUT2D eigenvalue weighted by molar-refractivity contribution is 6.30. The second kappa shape index (κ2) is 8.31. The normalized spacial score (nSPS) is 10.2. The molecule has 3 rings (SSSR count). The van der Waals surface area contributed by atoms with Gasteiger partial charge in [0, 0.05) is 10.7 Å². The molecule has 0 aliphatic heterocycles. The van der Waals surface area contributed by atoms with Gasteiger partial charge < -0.3 is 15.4 Å². The fourth-order valence-electron chi connectivity index (χ4n) is 2.14. The fraction of sp³-hybridized carbons (Fsp3) is 0.105. The highest BCUT2D eigenvalue weighted by atomic mass is 35.5. The van der Waals surface area contributed by atoms with Gasteiger partial charge >= 0.3 is 0 Å². The maximum Gasteiger partial charge on any atom is 0.263 e. The molecule has 1 aromatic heterocycles. The van der Waals surface area contributed by atoms with Crippen molar-refractivity contribution in [2.24, 2.45) is 0 Å². The van der Waals surface area contributed by atoms with Gasteiger partial charge in [0.25, 0.3) is 5.91 Å². The van der Waals surface area contributed by atoms with E-state index in [1.807, 2.05) is 43.3 Å². The van der Waals surface area contributed by atoms with Gasteiger partial charge in [-0.1, -0.05) is 35.4 Å². The molecule has 0 spiro atoms. The zero-order valence-electron chi connectivity index (χ0n) is 14.1. The summed E-state index contributed by atoms with van der Waals surface area (Å²) in [5, 5.41) is 14.3. The number of rotatable bonds is 6. The van der Waals surface area contributed by atoms with Crippen molar-refractivity contribution in [1.29, 1.82) is 0 Å². The van der Waals surface area contributed by atoms with Crippen molar-refractivity contribution in [2.45, 2.75) is 6.92 Å². The summed E-state index contributed by atoms with van der Waals surface area (Å²) in [5.41, 5.74) is 1.93. The number of benzene rings is 2. The van der Waals surface area contributed by atoms with E-state index < -0.39 is 0 Å². The van der Waals surface area contributed by atoms with Crippen molar-refractivity contribution in [3.63, 3.8) is 0 Å². The first-order chi connectivity index (χ1) is 12.6. The van der Waals surface area contributed by atoms with E-state index >= 15 is 0 Å². The Morgan fingerprint density at radius 3 is 2.46 bits per heavy atom. The van der Waals surface area contributed by atoms with Crippen molar-refractivity contribution in [2.75, 3.05) is 17.2 Å². The van der Waals surface area contributed by atoms with E-state index in [0.717, 1.165) is 11.3 Å². The molecule has 0 aliphatic rings. The van der Waals surface area contributed by atoms with Gasteiger partial charge in [-0.2, -0.15) is 0 Å². The molecule has 0 bridgehead atoms. The van der Waals surface area contributed by atoms with Crippen molar-refractivity contribution in [3.05, 3.63) is 71.2 Å². The summed E-state index contributed by atoms with van der Waals surface area (Å²) >= 11 is 5.94. The molecular weight excluding hydrogens is 352 g/mol. The number of carbonyl (C=O) groups excluding carboxylic acids is 1. The molecule has 0 saturated heterocycles. The summed E-state index contributed by atoms with van der Waals surface area (Å²) in [6.07, 6.45) is 0. The van der Waals surface area contributed by atoms with Crippen LogP contribution in [0.25, 0.3) is 0 Å². The number of ether oxygens (including phenoxy) is 1. The quantitative estimate of drug-likeness (QED) is 0.682. The zero-order chi connectivity index (χ0) is 18.4. The number of halogens is 1. The lowest BCUT2D eigenvalue weighted by molar-refractivity contribution is -0.118. The van der Waals surface area contributed by atoms with Crippen LogP contribution < -0.4 is 15.4 Å². The molecule has 0 atom stereocenters. The van der Waals surface area contributed by atoms with Gasteiger partial charge in [0.2, 0.25) is 0 Å². The summed E-state index contributed by atoms with van der Waals surface area (Å²) in [7, 11) is 0. The molecule has 6 nitrogen and oxygen atoms in total. The maximum atomic E-state index is 11.9. The van der Waals surface area contributed by atoms with E-state index in [1.165, 1.54) is 0 Å². The minimum absolute atomic E-state index is 0.104. The number of amides is 1. The van der Waals surface area contributed by atoms with Gasteiger partial charge in [0.15, 0.2) is 18.2 Å². The summed E-state index contributed by atoms with van der Waals surface area (Å²) in [6, 6.07) is 18.1. The third-order valence-electron chi connectivity index (χ3n) is 3.42. The molecule has 3 aromatic rings. The van der Waals surface area contributed by atoms with Crippen LogP contribution in [0, 0.1) is 6.92 Å². The SMILES string of the molecule is Cc1ccc(OCC(=O)Nc2ccc(Nc3cccc(Cl)c3)nn2)cc1. The standard InChI is InChI=1S/C19H17ClN4O2/c1-13-5-7-16(8-6-13)26-12-19(25)22-18-10-9-17(23-24-18)21-15-4-2-3-14(20)11-15/h2-11H,12H2,1H3,(H,21,23)(H,22,24,25). The number of aryl methyl sites for hydroxylation is 1. The van der Waals surface area contributed by atoms with Crippen LogP contribution in [0.5, 0.6) is 5.75 Å². The lowest BCUT2D eigenvalue weighted by Crippen LogP contribution is -2.21. The van der Waals surface area contributed by atoms with E-state index in [1.54, 1.807) is 24.3 Å². The van der Waals surface area contributed by atoms with Gasteiger partial charge in [-0.25, -0.2) is 0 Å². The highest BCUT2D eigenvalue weighted by Crippen LogP contribution is 2.19. The number of hydrogen-bond donors (Lipinski definition) is 2. The second-order valence-corrected chi connectivity index (χ2v) is 6.03. The molecule has 2 aromatic carbocycles. The van der Waals surface area contributed by atoms with Crippen molar-refractivity contribution in [3.8, 4) is 5.75 Å². The Balaban J connectivity index is 1.51. The number of nitrogens with zero attached hydrogens (tertiary/aromatic N) is 2. The van der Waals surface area contributed by atoms with E-state index in [9.17, 15) is 4.79 Å². The monoisotopic (exact) mass is 368 g/mol. The lowest BCUT2D eigenvalue weighted by Gasteiger charge is -2.08. The Bertz CT molecular complexity index is 883. The predicted octanol–water partition coefficient (Wildman–Crippen LogP) is 4.20. The molecule has 0 saturated carbocycles. The maximum absolute atomic E-state index is 11.9. The van der Waals surface area contributed by atoms with E-state index in [-0.39, 0.29) is 12.5 Å². The number of aromatic nitrogens is 2. The molecule has 7 heteroatoms. The molecule has 0 aliphatic carbocycles. The fourth-order valence-corrected chi connectivity index (χ4v) is 2.33. The number of anilines is 3. The van der Waals surface area contributed by atoms with Crippen LogP contribution in [-0.2, 0) is 4.79 Å². The molecular formula is C19H17ClN4O2.